The molecule has 1 aliphatic rings. The highest BCUT2D eigenvalue weighted by Crippen LogP contribution is 2.21. The summed E-state index contributed by atoms with van der Waals surface area (Å²) in [5, 5.41) is 7.86. The lowest BCUT2D eigenvalue weighted by Crippen LogP contribution is -2.46. The normalized spacial score (nSPS) is 15.4. The topological polar surface area (TPSA) is 84.2 Å². The number of sulfone groups is 1. The molecule has 0 radical (unpaired) electrons. The van der Waals surface area contributed by atoms with E-state index in [0.29, 0.717) is 12.4 Å². The van der Waals surface area contributed by atoms with Gasteiger partial charge in [0.2, 0.25) is 5.95 Å². The van der Waals surface area contributed by atoms with Gasteiger partial charge in [0, 0.05) is 38.4 Å². The predicted molar refractivity (Wildman–Crippen MR) is 121 cm³/mol. The lowest BCUT2D eigenvalue weighted by atomic mass is 10.2. The molecule has 8 nitrogen and oxygen atoms in total. The van der Waals surface area contributed by atoms with Crippen LogP contribution in [-0.4, -0.2) is 64.7 Å². The summed E-state index contributed by atoms with van der Waals surface area (Å²) in [5.41, 5.74) is 2.66. The Kier molecular flexibility index (Phi) is 6.52. The van der Waals surface area contributed by atoms with Crippen molar-refractivity contribution in [2.75, 3.05) is 31.1 Å². The van der Waals surface area contributed by atoms with Crippen molar-refractivity contribution in [1.29, 1.82) is 0 Å². The Morgan fingerprint density at radius 2 is 1.81 bits per heavy atom. The molecule has 0 saturated carbocycles. The van der Waals surface area contributed by atoms with Crippen LogP contribution in [0.2, 0.25) is 0 Å². The zero-order chi connectivity index (χ0) is 22.7. The molecule has 0 N–H and O–H groups in total. The number of hydrogen-bond donors (Lipinski definition) is 0. The van der Waals surface area contributed by atoms with E-state index in [9.17, 15) is 12.8 Å². The molecule has 10 heteroatoms. The molecule has 4 rings (SSSR count). The van der Waals surface area contributed by atoms with Crippen LogP contribution >= 0.6 is 0 Å². The van der Waals surface area contributed by atoms with E-state index in [1.54, 1.807) is 32.2 Å². The highest BCUT2D eigenvalue weighted by molar-refractivity contribution is 7.91. The predicted octanol–water partition coefficient (Wildman–Crippen LogP) is 2.45. The fourth-order valence-corrected chi connectivity index (χ4v) is 4.62. The van der Waals surface area contributed by atoms with Gasteiger partial charge in [-0.3, -0.25) is 4.90 Å². The van der Waals surface area contributed by atoms with Crippen LogP contribution in [0.25, 0.3) is 5.82 Å². The van der Waals surface area contributed by atoms with Gasteiger partial charge in [0.15, 0.2) is 15.7 Å². The van der Waals surface area contributed by atoms with Crippen LogP contribution in [0.3, 0.4) is 0 Å². The molecular formula is C22H27FN6O2S. The first-order chi connectivity index (χ1) is 15.3. The average Bonchev–Trinajstić information content (AvgIpc) is 3.23. The van der Waals surface area contributed by atoms with Crippen molar-refractivity contribution >= 4 is 15.5 Å². The van der Waals surface area contributed by atoms with Gasteiger partial charge in [-0.05, 0) is 43.7 Å². The number of nitrogens with zero attached hydrogens (tertiary/aromatic N) is 6. The summed E-state index contributed by atoms with van der Waals surface area (Å²) in [6.07, 6.45) is 1.77. The number of halogens is 1. The second kappa shape index (κ2) is 9.33. The summed E-state index contributed by atoms with van der Waals surface area (Å²) >= 11 is 0. The molecule has 0 spiro atoms. The molecule has 2 aromatic heterocycles. The first-order valence-electron chi connectivity index (χ1n) is 10.6. The van der Waals surface area contributed by atoms with Gasteiger partial charge in [0.25, 0.3) is 0 Å². The van der Waals surface area contributed by atoms with Gasteiger partial charge < -0.3 is 4.90 Å². The number of benzene rings is 1. The van der Waals surface area contributed by atoms with Gasteiger partial charge >= 0.3 is 0 Å². The fourth-order valence-electron chi connectivity index (χ4n) is 3.64. The first kappa shape index (κ1) is 22.3. The van der Waals surface area contributed by atoms with E-state index < -0.39 is 15.8 Å². The minimum Gasteiger partial charge on any atom is -0.369 e. The van der Waals surface area contributed by atoms with E-state index in [0.717, 1.165) is 43.1 Å². The Labute approximate surface area is 187 Å². The Morgan fingerprint density at radius 1 is 1.06 bits per heavy atom. The lowest BCUT2D eigenvalue weighted by Gasteiger charge is -2.35. The highest BCUT2D eigenvalue weighted by Gasteiger charge is 2.20. The third-order valence-corrected chi connectivity index (χ3v) is 7.77. The maximum Gasteiger partial charge on any atom is 0.214 e. The van der Waals surface area contributed by atoms with E-state index in [4.69, 9.17) is 0 Å². The number of anilines is 1. The van der Waals surface area contributed by atoms with Crippen LogP contribution in [0.1, 0.15) is 25.1 Å². The van der Waals surface area contributed by atoms with Crippen LogP contribution in [0, 0.1) is 5.95 Å². The second-order valence-corrected chi connectivity index (χ2v) is 10.8. The van der Waals surface area contributed by atoms with Gasteiger partial charge in [0.1, 0.15) is 0 Å². The molecule has 0 amide bonds. The summed E-state index contributed by atoms with van der Waals surface area (Å²) in [6, 6.07) is 12.4. The summed E-state index contributed by atoms with van der Waals surface area (Å²) in [4.78, 5) is 8.38. The third kappa shape index (κ3) is 5.31. The molecule has 1 fully saturated rings. The summed E-state index contributed by atoms with van der Waals surface area (Å²) < 4.78 is 39.3. The van der Waals surface area contributed by atoms with Crippen molar-refractivity contribution in [3.63, 3.8) is 0 Å². The zero-order valence-electron chi connectivity index (χ0n) is 18.2. The number of piperazine rings is 1. The second-order valence-electron chi connectivity index (χ2n) is 8.26. The monoisotopic (exact) mass is 458 g/mol. The van der Waals surface area contributed by atoms with Crippen LogP contribution in [0.4, 0.5) is 10.1 Å². The standard InChI is InChI=1S/C22H27FN6O2S/c1-17(2)32(30,31)16-18-5-3-6-20(13-18)28-11-9-27(10-12-28)14-19-15-29(26-25-19)22-8-4-7-21(23)24-22/h3-8,13,15,17H,9-12,14,16H2,1-2H3. The molecule has 0 unspecified atom stereocenters. The van der Waals surface area contributed by atoms with Gasteiger partial charge in [-0.2, -0.15) is 4.39 Å². The quantitative estimate of drug-likeness (QED) is 0.503. The first-order valence-corrected chi connectivity index (χ1v) is 12.3. The molecular weight excluding hydrogens is 431 g/mol. The summed E-state index contributed by atoms with van der Waals surface area (Å²) in [7, 11) is -3.13. The van der Waals surface area contributed by atoms with Gasteiger partial charge in [0.05, 0.1) is 22.9 Å². The van der Waals surface area contributed by atoms with Crippen molar-refractivity contribution in [2.45, 2.75) is 31.4 Å². The van der Waals surface area contributed by atoms with Crippen LogP contribution in [0.5, 0.6) is 0 Å². The molecule has 1 saturated heterocycles. The Bertz CT molecular complexity index is 1170. The molecule has 3 aromatic rings. The lowest BCUT2D eigenvalue weighted by molar-refractivity contribution is 0.247. The Hall–Kier alpha value is -2.85. The molecule has 3 heterocycles. The van der Waals surface area contributed by atoms with Crippen molar-refractivity contribution in [1.82, 2.24) is 24.9 Å². The van der Waals surface area contributed by atoms with E-state index in [1.165, 1.54) is 10.7 Å². The fraction of sp³-hybridized carbons (Fsp3) is 0.409. The maximum absolute atomic E-state index is 13.3. The number of pyridine rings is 1. The molecule has 1 aromatic carbocycles. The van der Waals surface area contributed by atoms with Gasteiger partial charge in [-0.1, -0.05) is 23.4 Å². The number of rotatable bonds is 7. The van der Waals surface area contributed by atoms with E-state index in [2.05, 4.69) is 25.1 Å². The van der Waals surface area contributed by atoms with Crippen molar-refractivity contribution in [3.8, 4) is 5.82 Å². The minimum atomic E-state index is -3.13. The smallest absolute Gasteiger partial charge is 0.214 e. The van der Waals surface area contributed by atoms with Crippen molar-refractivity contribution < 1.29 is 12.8 Å². The molecule has 170 valence electrons. The number of hydrogen-bond acceptors (Lipinski definition) is 7. The van der Waals surface area contributed by atoms with E-state index >= 15 is 0 Å². The molecule has 0 atom stereocenters. The Morgan fingerprint density at radius 3 is 2.53 bits per heavy atom. The number of aromatic nitrogens is 4. The van der Waals surface area contributed by atoms with Gasteiger partial charge in [-0.15, -0.1) is 5.10 Å². The van der Waals surface area contributed by atoms with Gasteiger partial charge in [-0.25, -0.2) is 18.1 Å². The maximum atomic E-state index is 13.3. The minimum absolute atomic E-state index is 0.0638. The summed E-state index contributed by atoms with van der Waals surface area (Å²) in [5.74, 6) is -0.0941. The molecule has 0 aliphatic carbocycles. The third-order valence-electron chi connectivity index (χ3n) is 5.60. The van der Waals surface area contributed by atoms with Crippen molar-refractivity contribution in [2.24, 2.45) is 0 Å². The average molecular weight is 459 g/mol. The van der Waals surface area contributed by atoms with Crippen LogP contribution < -0.4 is 4.90 Å². The van der Waals surface area contributed by atoms with E-state index in [-0.39, 0.29) is 11.0 Å². The van der Waals surface area contributed by atoms with E-state index in [1.807, 2.05) is 24.3 Å². The zero-order valence-corrected chi connectivity index (χ0v) is 19.0. The SMILES string of the molecule is CC(C)S(=O)(=O)Cc1cccc(N2CCN(Cc3cn(-c4cccc(F)n4)nn3)CC2)c1. The molecule has 32 heavy (non-hydrogen) atoms. The highest BCUT2D eigenvalue weighted by atomic mass is 32.2. The molecule has 1 aliphatic heterocycles. The largest absolute Gasteiger partial charge is 0.369 e. The van der Waals surface area contributed by atoms with Crippen molar-refractivity contribution in [3.05, 3.63) is 65.9 Å². The molecule has 0 bridgehead atoms. The summed E-state index contributed by atoms with van der Waals surface area (Å²) in [6.45, 7) is 7.44. The Balaban J connectivity index is 1.34. The van der Waals surface area contributed by atoms with Crippen LogP contribution in [-0.2, 0) is 22.1 Å². The van der Waals surface area contributed by atoms with Crippen LogP contribution in [0.15, 0.2) is 48.7 Å².